The number of thiophene rings is 1. The van der Waals surface area contributed by atoms with Gasteiger partial charge in [0.25, 0.3) is 0 Å². The number of hydrogen-bond acceptors (Lipinski definition) is 5. The molecule has 1 unspecified atom stereocenters. The molecule has 1 aromatic rings. The topological polar surface area (TPSA) is 66.4 Å². The molecule has 17 heavy (non-hydrogen) atoms. The number of rotatable bonds is 7. The summed E-state index contributed by atoms with van der Waals surface area (Å²) in [7, 11) is -3.42. The molecule has 2 N–H and O–H groups in total. The van der Waals surface area contributed by atoms with E-state index in [9.17, 15) is 8.42 Å². The molecule has 0 aromatic carbocycles. The Hall–Kier alpha value is -0.0800. The average Bonchev–Trinajstić information content (AvgIpc) is 2.76. The summed E-state index contributed by atoms with van der Waals surface area (Å²) in [5.41, 5.74) is 0. The van der Waals surface area contributed by atoms with E-state index in [2.05, 4.69) is 4.72 Å². The molecule has 0 aliphatic rings. The highest BCUT2D eigenvalue weighted by Gasteiger charge is 2.16. The molecule has 0 saturated carbocycles. The fourth-order valence-electron chi connectivity index (χ4n) is 1.26. The number of nitrogens with one attached hydrogen (secondary N) is 1. The molecule has 0 fully saturated rings. The van der Waals surface area contributed by atoms with Crippen molar-refractivity contribution < 1.29 is 13.5 Å². The van der Waals surface area contributed by atoms with Crippen molar-refractivity contribution in [2.45, 2.75) is 18.4 Å². The zero-order chi connectivity index (χ0) is 12.9. The van der Waals surface area contributed by atoms with E-state index in [4.69, 9.17) is 5.11 Å². The average molecular weight is 295 g/mol. The van der Waals surface area contributed by atoms with Crippen LogP contribution in [0.4, 0.5) is 0 Å². The molecule has 1 heterocycles. The van der Waals surface area contributed by atoms with Gasteiger partial charge in [-0.3, -0.25) is 0 Å². The van der Waals surface area contributed by atoms with Gasteiger partial charge in [0.1, 0.15) is 0 Å². The molecule has 0 aliphatic carbocycles. The van der Waals surface area contributed by atoms with Crippen molar-refractivity contribution in [1.29, 1.82) is 0 Å². The first kappa shape index (κ1) is 15.0. The summed E-state index contributed by atoms with van der Waals surface area (Å²) in [6.07, 6.45) is 2.00. The first-order chi connectivity index (χ1) is 7.99. The Morgan fingerprint density at radius 1 is 1.59 bits per heavy atom. The van der Waals surface area contributed by atoms with Crippen LogP contribution in [-0.4, -0.2) is 32.1 Å². The van der Waals surface area contributed by atoms with Crippen molar-refractivity contribution >= 4 is 33.1 Å². The smallest absolute Gasteiger partial charge is 0.241 e. The summed E-state index contributed by atoms with van der Waals surface area (Å²) in [6, 6.07) is 1.51. The fraction of sp³-hybridized carbons (Fsp3) is 0.600. The van der Waals surface area contributed by atoms with Crippen LogP contribution in [0.15, 0.2) is 16.3 Å². The molecular formula is C10H17NO3S3. The summed E-state index contributed by atoms with van der Waals surface area (Å²) in [4.78, 5) is 0.894. The van der Waals surface area contributed by atoms with Gasteiger partial charge in [-0.15, -0.1) is 11.3 Å². The lowest BCUT2D eigenvalue weighted by atomic mass is 10.2. The summed E-state index contributed by atoms with van der Waals surface area (Å²) < 4.78 is 26.3. The van der Waals surface area contributed by atoms with Gasteiger partial charge in [0.15, 0.2) is 0 Å². The minimum absolute atomic E-state index is 0.122. The molecule has 7 heteroatoms. The van der Waals surface area contributed by atoms with E-state index in [1.165, 1.54) is 17.4 Å². The predicted octanol–water partition coefficient (Wildman–Crippen LogP) is 1.52. The maximum atomic E-state index is 11.9. The summed E-state index contributed by atoms with van der Waals surface area (Å²) in [6.45, 7) is 2.32. The molecule has 0 amide bonds. The third kappa shape index (κ3) is 4.59. The van der Waals surface area contributed by atoms with Gasteiger partial charge < -0.3 is 5.11 Å². The van der Waals surface area contributed by atoms with Crippen LogP contribution in [0.5, 0.6) is 0 Å². The standard InChI is InChI=1S/C10H17NO3S3/c1-8(6-15-2)4-11-17(13,14)10-3-9(5-12)16-7-10/h3,7-8,11-12H,4-6H2,1-2H3. The van der Waals surface area contributed by atoms with Gasteiger partial charge in [-0.2, -0.15) is 11.8 Å². The van der Waals surface area contributed by atoms with Gasteiger partial charge in [-0.05, 0) is 24.0 Å². The first-order valence-electron chi connectivity index (χ1n) is 5.16. The van der Waals surface area contributed by atoms with Crippen LogP contribution in [0.25, 0.3) is 0 Å². The molecule has 0 spiro atoms. The second-order valence-corrected chi connectivity index (χ2v) is 7.49. The molecule has 4 nitrogen and oxygen atoms in total. The highest BCUT2D eigenvalue weighted by molar-refractivity contribution is 7.98. The Bertz CT molecular complexity index is 441. The van der Waals surface area contributed by atoms with Crippen LogP contribution >= 0.6 is 23.1 Å². The molecule has 0 aliphatic heterocycles. The van der Waals surface area contributed by atoms with Gasteiger partial charge in [0.2, 0.25) is 10.0 Å². The largest absolute Gasteiger partial charge is 0.391 e. The Morgan fingerprint density at radius 3 is 2.82 bits per heavy atom. The third-order valence-corrected chi connectivity index (χ3v) is 5.54. The van der Waals surface area contributed by atoms with E-state index in [1.54, 1.807) is 17.1 Å². The molecule has 1 rings (SSSR count). The summed E-state index contributed by atoms with van der Waals surface area (Å²) in [5, 5.41) is 10.4. The van der Waals surface area contributed by atoms with Crippen LogP contribution in [0.2, 0.25) is 0 Å². The molecule has 0 saturated heterocycles. The zero-order valence-corrected chi connectivity index (χ0v) is 12.3. The molecule has 1 aromatic heterocycles. The van der Waals surface area contributed by atoms with E-state index >= 15 is 0 Å². The maximum Gasteiger partial charge on any atom is 0.241 e. The minimum atomic E-state index is -3.42. The number of aliphatic hydroxyl groups is 1. The van der Waals surface area contributed by atoms with Crippen LogP contribution in [0, 0.1) is 5.92 Å². The second kappa shape index (κ2) is 6.75. The number of aliphatic hydroxyl groups excluding tert-OH is 1. The Morgan fingerprint density at radius 2 is 2.29 bits per heavy atom. The lowest BCUT2D eigenvalue weighted by Crippen LogP contribution is -2.29. The van der Waals surface area contributed by atoms with Crippen LogP contribution in [0.1, 0.15) is 11.8 Å². The van der Waals surface area contributed by atoms with Crippen molar-refractivity contribution in [1.82, 2.24) is 4.72 Å². The van der Waals surface area contributed by atoms with Crippen molar-refractivity contribution in [2.75, 3.05) is 18.6 Å². The number of thioether (sulfide) groups is 1. The molecule has 98 valence electrons. The van der Waals surface area contributed by atoms with E-state index in [-0.39, 0.29) is 11.5 Å². The zero-order valence-electron chi connectivity index (χ0n) is 9.84. The molecular weight excluding hydrogens is 278 g/mol. The van der Waals surface area contributed by atoms with Crippen molar-refractivity contribution in [3.63, 3.8) is 0 Å². The first-order valence-corrected chi connectivity index (χ1v) is 8.92. The van der Waals surface area contributed by atoms with Crippen molar-refractivity contribution in [3.05, 3.63) is 16.3 Å². The van der Waals surface area contributed by atoms with Crippen LogP contribution in [-0.2, 0) is 16.6 Å². The van der Waals surface area contributed by atoms with Crippen molar-refractivity contribution in [3.8, 4) is 0 Å². The van der Waals surface area contributed by atoms with Gasteiger partial charge in [-0.25, -0.2) is 13.1 Å². The lowest BCUT2D eigenvalue weighted by Gasteiger charge is -2.10. The normalized spacial score (nSPS) is 13.8. The van der Waals surface area contributed by atoms with E-state index in [1.807, 2.05) is 13.2 Å². The minimum Gasteiger partial charge on any atom is -0.391 e. The van der Waals surface area contributed by atoms with Crippen LogP contribution < -0.4 is 4.72 Å². The molecule has 1 atom stereocenters. The predicted molar refractivity (Wildman–Crippen MR) is 73.0 cm³/mol. The monoisotopic (exact) mass is 295 g/mol. The third-order valence-electron chi connectivity index (χ3n) is 2.17. The summed E-state index contributed by atoms with van der Waals surface area (Å²) >= 11 is 2.95. The Kier molecular flexibility index (Phi) is 5.94. The van der Waals surface area contributed by atoms with Crippen molar-refractivity contribution in [2.24, 2.45) is 5.92 Å². The maximum absolute atomic E-state index is 11.9. The highest BCUT2D eigenvalue weighted by Crippen LogP contribution is 2.19. The SMILES string of the molecule is CSCC(C)CNS(=O)(=O)c1csc(CO)c1. The second-order valence-electron chi connectivity index (χ2n) is 3.82. The van der Waals surface area contributed by atoms with E-state index < -0.39 is 10.0 Å². The lowest BCUT2D eigenvalue weighted by molar-refractivity contribution is 0.285. The van der Waals surface area contributed by atoms with Gasteiger partial charge >= 0.3 is 0 Å². The van der Waals surface area contributed by atoms with Gasteiger partial charge in [0, 0.05) is 16.8 Å². The number of hydrogen-bond donors (Lipinski definition) is 2. The Balaban J connectivity index is 2.62. The number of sulfonamides is 1. The highest BCUT2D eigenvalue weighted by atomic mass is 32.2. The van der Waals surface area contributed by atoms with Gasteiger partial charge in [-0.1, -0.05) is 6.92 Å². The quantitative estimate of drug-likeness (QED) is 0.800. The van der Waals surface area contributed by atoms with E-state index in [0.29, 0.717) is 17.3 Å². The van der Waals surface area contributed by atoms with E-state index in [0.717, 1.165) is 5.75 Å². The van der Waals surface area contributed by atoms with Crippen LogP contribution in [0.3, 0.4) is 0 Å². The molecule has 0 bridgehead atoms. The fourth-order valence-corrected chi connectivity index (χ4v) is 4.25. The summed E-state index contributed by atoms with van der Waals surface area (Å²) in [5.74, 6) is 1.23. The van der Waals surface area contributed by atoms with Gasteiger partial charge in [0.05, 0.1) is 11.5 Å². The Labute approximate surface area is 110 Å². The molecule has 0 radical (unpaired) electrons.